The van der Waals surface area contributed by atoms with Crippen molar-refractivity contribution in [2.75, 3.05) is 0 Å². The molecule has 14 heavy (non-hydrogen) atoms. The van der Waals surface area contributed by atoms with Gasteiger partial charge in [-0.15, -0.1) is 0 Å². The summed E-state index contributed by atoms with van der Waals surface area (Å²) in [5.74, 6) is -0.539. The molecule has 1 aromatic carbocycles. The molecular weight excluding hydrogens is 244 g/mol. The topological polar surface area (TPSA) is 37.3 Å². The molecule has 0 saturated heterocycles. The first-order valence-electron chi connectivity index (χ1n) is 4.54. The molecule has 1 aromatic rings. The van der Waals surface area contributed by atoms with Gasteiger partial charge in [-0.1, -0.05) is 35.0 Å². The third-order valence-electron chi connectivity index (χ3n) is 2.02. The molecule has 2 nitrogen and oxygen atoms in total. The summed E-state index contributed by atoms with van der Waals surface area (Å²) in [6, 6.07) is 7.98. The quantitative estimate of drug-likeness (QED) is 0.899. The molecule has 0 aliphatic rings. The number of halogens is 1. The van der Waals surface area contributed by atoms with Gasteiger partial charge in [0, 0.05) is 10.9 Å². The second kappa shape index (κ2) is 5.15. The van der Waals surface area contributed by atoms with Crippen LogP contribution in [0.1, 0.15) is 18.9 Å². The number of carboxylic acids is 1. The van der Waals surface area contributed by atoms with E-state index in [2.05, 4.69) is 15.9 Å². The van der Waals surface area contributed by atoms with Crippen molar-refractivity contribution in [2.45, 2.75) is 19.8 Å². The average Bonchev–Trinajstić information content (AvgIpc) is 2.07. The third-order valence-corrected chi connectivity index (χ3v) is 2.55. The van der Waals surface area contributed by atoms with Gasteiger partial charge in [-0.05, 0) is 30.0 Å². The molecule has 0 saturated carbocycles. The minimum atomic E-state index is -0.727. The standard InChI is InChI=1S/C11H13BrO2/c1-8(7-11(13)14)6-9-2-4-10(12)5-3-9/h2-5,8H,6-7H2,1H3,(H,13,14)/t8-/m1/s1. The highest BCUT2D eigenvalue weighted by Crippen LogP contribution is 2.15. The van der Waals surface area contributed by atoms with Gasteiger partial charge in [0.2, 0.25) is 0 Å². The maximum Gasteiger partial charge on any atom is 0.303 e. The summed E-state index contributed by atoms with van der Waals surface area (Å²) in [6.07, 6.45) is 1.05. The highest BCUT2D eigenvalue weighted by atomic mass is 79.9. The van der Waals surface area contributed by atoms with Gasteiger partial charge in [0.1, 0.15) is 0 Å². The first-order valence-corrected chi connectivity index (χ1v) is 5.33. The molecule has 0 unspecified atom stereocenters. The largest absolute Gasteiger partial charge is 0.481 e. The Balaban J connectivity index is 2.51. The van der Waals surface area contributed by atoms with Crippen LogP contribution in [-0.2, 0) is 11.2 Å². The maximum absolute atomic E-state index is 10.4. The van der Waals surface area contributed by atoms with Crippen molar-refractivity contribution in [1.29, 1.82) is 0 Å². The second-order valence-corrected chi connectivity index (χ2v) is 4.45. The van der Waals surface area contributed by atoms with Gasteiger partial charge >= 0.3 is 5.97 Å². The van der Waals surface area contributed by atoms with Gasteiger partial charge in [-0.25, -0.2) is 0 Å². The Morgan fingerprint density at radius 2 is 2.00 bits per heavy atom. The van der Waals surface area contributed by atoms with Crippen molar-refractivity contribution in [3.05, 3.63) is 34.3 Å². The van der Waals surface area contributed by atoms with E-state index in [0.717, 1.165) is 10.9 Å². The van der Waals surface area contributed by atoms with Crippen LogP contribution >= 0.6 is 15.9 Å². The summed E-state index contributed by atoms with van der Waals surface area (Å²) < 4.78 is 1.05. The number of aliphatic carboxylic acids is 1. The third kappa shape index (κ3) is 3.92. The summed E-state index contributed by atoms with van der Waals surface area (Å²) in [5, 5.41) is 8.60. The molecule has 0 aliphatic carbocycles. The average molecular weight is 257 g/mol. The number of hydrogen-bond donors (Lipinski definition) is 1. The van der Waals surface area contributed by atoms with Crippen LogP contribution in [0.4, 0.5) is 0 Å². The van der Waals surface area contributed by atoms with Gasteiger partial charge in [0.25, 0.3) is 0 Å². The molecule has 0 aromatic heterocycles. The molecule has 0 fully saturated rings. The monoisotopic (exact) mass is 256 g/mol. The maximum atomic E-state index is 10.4. The Kier molecular flexibility index (Phi) is 4.14. The Morgan fingerprint density at radius 3 is 2.50 bits per heavy atom. The minimum absolute atomic E-state index is 0.189. The second-order valence-electron chi connectivity index (χ2n) is 3.53. The van der Waals surface area contributed by atoms with Crippen molar-refractivity contribution in [1.82, 2.24) is 0 Å². The molecule has 0 heterocycles. The zero-order valence-electron chi connectivity index (χ0n) is 8.03. The predicted molar refractivity (Wildman–Crippen MR) is 59.3 cm³/mol. The lowest BCUT2D eigenvalue weighted by Crippen LogP contribution is -2.06. The normalized spacial score (nSPS) is 12.4. The van der Waals surface area contributed by atoms with E-state index in [1.54, 1.807) is 0 Å². The molecule has 0 spiro atoms. The molecule has 1 rings (SSSR count). The Hall–Kier alpha value is -0.830. The lowest BCUT2D eigenvalue weighted by molar-refractivity contribution is -0.137. The van der Waals surface area contributed by atoms with Crippen LogP contribution in [0.15, 0.2) is 28.7 Å². The number of benzene rings is 1. The van der Waals surface area contributed by atoms with Crippen LogP contribution in [-0.4, -0.2) is 11.1 Å². The zero-order chi connectivity index (χ0) is 10.6. The van der Waals surface area contributed by atoms with Gasteiger partial charge in [-0.2, -0.15) is 0 Å². The number of carbonyl (C=O) groups is 1. The van der Waals surface area contributed by atoms with E-state index in [0.29, 0.717) is 0 Å². The summed E-state index contributed by atoms with van der Waals surface area (Å²) >= 11 is 3.36. The van der Waals surface area contributed by atoms with Crippen molar-refractivity contribution >= 4 is 21.9 Å². The fourth-order valence-corrected chi connectivity index (χ4v) is 1.66. The van der Waals surface area contributed by atoms with Gasteiger partial charge in [-0.3, -0.25) is 4.79 Å². The number of rotatable bonds is 4. The highest BCUT2D eigenvalue weighted by Gasteiger charge is 2.07. The van der Waals surface area contributed by atoms with Crippen molar-refractivity contribution in [3.8, 4) is 0 Å². The molecule has 0 aliphatic heterocycles. The van der Waals surface area contributed by atoms with E-state index >= 15 is 0 Å². The van der Waals surface area contributed by atoms with E-state index in [4.69, 9.17) is 5.11 Å². The van der Waals surface area contributed by atoms with Crippen LogP contribution in [0.25, 0.3) is 0 Å². The predicted octanol–water partition coefficient (Wildman–Crippen LogP) is 3.10. The van der Waals surface area contributed by atoms with Crippen LogP contribution in [0.5, 0.6) is 0 Å². The first kappa shape index (κ1) is 11.2. The number of hydrogen-bond acceptors (Lipinski definition) is 1. The lowest BCUT2D eigenvalue weighted by Gasteiger charge is -2.08. The lowest BCUT2D eigenvalue weighted by atomic mass is 9.98. The zero-order valence-corrected chi connectivity index (χ0v) is 9.62. The van der Waals surface area contributed by atoms with E-state index < -0.39 is 5.97 Å². The van der Waals surface area contributed by atoms with Crippen LogP contribution in [0, 0.1) is 5.92 Å². The smallest absolute Gasteiger partial charge is 0.303 e. The number of carboxylic acid groups (broad SMARTS) is 1. The summed E-state index contributed by atoms with van der Waals surface area (Å²) in [5.41, 5.74) is 1.18. The molecule has 0 radical (unpaired) electrons. The highest BCUT2D eigenvalue weighted by molar-refractivity contribution is 9.10. The molecule has 1 atom stereocenters. The van der Waals surface area contributed by atoms with Crippen LogP contribution in [0.3, 0.4) is 0 Å². The van der Waals surface area contributed by atoms with E-state index in [1.807, 2.05) is 31.2 Å². The summed E-state index contributed by atoms with van der Waals surface area (Å²) in [6.45, 7) is 1.95. The van der Waals surface area contributed by atoms with Gasteiger partial charge in [0.15, 0.2) is 0 Å². The van der Waals surface area contributed by atoms with E-state index in [-0.39, 0.29) is 12.3 Å². The van der Waals surface area contributed by atoms with Crippen molar-refractivity contribution < 1.29 is 9.90 Å². The van der Waals surface area contributed by atoms with Crippen LogP contribution < -0.4 is 0 Å². The minimum Gasteiger partial charge on any atom is -0.481 e. The van der Waals surface area contributed by atoms with E-state index in [9.17, 15) is 4.79 Å². The van der Waals surface area contributed by atoms with Crippen molar-refractivity contribution in [3.63, 3.8) is 0 Å². The van der Waals surface area contributed by atoms with Gasteiger partial charge in [0.05, 0.1) is 0 Å². The Morgan fingerprint density at radius 1 is 1.43 bits per heavy atom. The molecule has 0 bridgehead atoms. The molecule has 1 N–H and O–H groups in total. The molecule has 76 valence electrons. The van der Waals surface area contributed by atoms with E-state index in [1.165, 1.54) is 5.56 Å². The Bertz CT molecular complexity index is 306. The molecule has 3 heteroatoms. The summed E-state index contributed by atoms with van der Waals surface area (Å²) in [4.78, 5) is 10.4. The summed E-state index contributed by atoms with van der Waals surface area (Å²) in [7, 11) is 0. The first-order chi connectivity index (χ1) is 6.58. The Labute approximate surface area is 92.1 Å². The van der Waals surface area contributed by atoms with Gasteiger partial charge < -0.3 is 5.11 Å². The SMILES string of the molecule is C[C@@H](CC(=O)O)Cc1ccc(Br)cc1. The molecular formula is C11H13BrO2. The fraction of sp³-hybridized carbons (Fsp3) is 0.364. The van der Waals surface area contributed by atoms with Crippen molar-refractivity contribution in [2.24, 2.45) is 5.92 Å². The molecule has 0 amide bonds. The fourth-order valence-electron chi connectivity index (χ4n) is 1.39. The van der Waals surface area contributed by atoms with Crippen LogP contribution in [0.2, 0.25) is 0 Å².